The SMILES string of the molecule is CCNC(=NCCCNS(=O)(=O)CC)NCCOC1CCCCCC1. The Morgan fingerprint density at radius 1 is 1.08 bits per heavy atom. The van der Waals surface area contributed by atoms with E-state index in [4.69, 9.17) is 4.74 Å². The van der Waals surface area contributed by atoms with Crippen LogP contribution in [0.5, 0.6) is 0 Å². The van der Waals surface area contributed by atoms with Crippen LogP contribution in [0.25, 0.3) is 0 Å². The summed E-state index contributed by atoms with van der Waals surface area (Å²) in [5.41, 5.74) is 0. The molecule has 7 nitrogen and oxygen atoms in total. The zero-order valence-corrected chi connectivity index (χ0v) is 16.7. The number of aliphatic imine (C=N–C) groups is 1. The number of nitrogens with zero attached hydrogens (tertiary/aromatic N) is 1. The minimum absolute atomic E-state index is 0.113. The van der Waals surface area contributed by atoms with E-state index in [1.807, 2.05) is 6.92 Å². The Kier molecular flexibility index (Phi) is 11.9. The van der Waals surface area contributed by atoms with Gasteiger partial charge in [0.15, 0.2) is 5.96 Å². The second-order valence-electron chi connectivity index (χ2n) is 6.32. The van der Waals surface area contributed by atoms with Crippen molar-refractivity contribution in [1.82, 2.24) is 15.4 Å². The molecule has 25 heavy (non-hydrogen) atoms. The van der Waals surface area contributed by atoms with Crippen molar-refractivity contribution in [2.45, 2.75) is 64.9 Å². The van der Waals surface area contributed by atoms with Gasteiger partial charge in [0.05, 0.1) is 18.5 Å². The highest BCUT2D eigenvalue weighted by Gasteiger charge is 2.12. The molecule has 0 atom stereocenters. The molecule has 0 saturated heterocycles. The topological polar surface area (TPSA) is 91.8 Å². The van der Waals surface area contributed by atoms with Crippen molar-refractivity contribution in [3.05, 3.63) is 0 Å². The third-order valence-electron chi connectivity index (χ3n) is 4.20. The maximum absolute atomic E-state index is 11.3. The van der Waals surface area contributed by atoms with Crippen molar-refractivity contribution in [2.75, 3.05) is 38.5 Å². The summed E-state index contributed by atoms with van der Waals surface area (Å²) < 4.78 is 31.2. The standard InChI is InChI=1S/C17H36N4O3S/c1-3-18-17(19-12-9-13-21-25(22,23)4-2)20-14-15-24-16-10-7-5-6-8-11-16/h16,21H,3-15H2,1-2H3,(H2,18,19,20). The molecule has 0 spiro atoms. The van der Waals surface area contributed by atoms with E-state index < -0.39 is 10.0 Å². The Morgan fingerprint density at radius 3 is 2.44 bits per heavy atom. The van der Waals surface area contributed by atoms with Crippen LogP contribution in [0.4, 0.5) is 0 Å². The first kappa shape index (κ1) is 22.2. The van der Waals surface area contributed by atoms with Crippen molar-refractivity contribution < 1.29 is 13.2 Å². The third kappa shape index (κ3) is 11.4. The summed E-state index contributed by atoms with van der Waals surface area (Å²) in [6.07, 6.45) is 8.69. The van der Waals surface area contributed by atoms with Gasteiger partial charge in [-0.05, 0) is 33.1 Å². The molecule has 0 aromatic carbocycles. The van der Waals surface area contributed by atoms with E-state index in [0.29, 0.717) is 32.2 Å². The minimum atomic E-state index is -3.11. The zero-order valence-electron chi connectivity index (χ0n) is 15.8. The minimum Gasteiger partial charge on any atom is -0.376 e. The fourth-order valence-electron chi connectivity index (χ4n) is 2.74. The van der Waals surface area contributed by atoms with Gasteiger partial charge >= 0.3 is 0 Å². The summed E-state index contributed by atoms with van der Waals surface area (Å²) in [5.74, 6) is 0.867. The molecule has 0 aromatic rings. The molecule has 1 rings (SSSR count). The predicted octanol–water partition coefficient (Wildman–Crippen LogP) is 1.61. The van der Waals surface area contributed by atoms with Crippen LogP contribution in [0.3, 0.4) is 0 Å². The lowest BCUT2D eigenvalue weighted by Crippen LogP contribution is -2.39. The average Bonchev–Trinajstić information content (AvgIpc) is 2.87. The van der Waals surface area contributed by atoms with Gasteiger partial charge in [-0.1, -0.05) is 25.7 Å². The van der Waals surface area contributed by atoms with E-state index in [1.165, 1.54) is 38.5 Å². The van der Waals surface area contributed by atoms with Crippen LogP contribution in [-0.4, -0.2) is 59.0 Å². The molecule has 0 bridgehead atoms. The van der Waals surface area contributed by atoms with Crippen LogP contribution in [0.2, 0.25) is 0 Å². The van der Waals surface area contributed by atoms with Crippen molar-refractivity contribution in [3.63, 3.8) is 0 Å². The van der Waals surface area contributed by atoms with Gasteiger partial charge in [-0.3, -0.25) is 4.99 Å². The largest absolute Gasteiger partial charge is 0.376 e. The second kappa shape index (κ2) is 13.4. The van der Waals surface area contributed by atoms with Gasteiger partial charge < -0.3 is 15.4 Å². The van der Waals surface area contributed by atoms with Gasteiger partial charge in [-0.25, -0.2) is 13.1 Å². The maximum atomic E-state index is 11.3. The lowest BCUT2D eigenvalue weighted by Gasteiger charge is -2.16. The molecule has 148 valence electrons. The average molecular weight is 377 g/mol. The van der Waals surface area contributed by atoms with E-state index in [0.717, 1.165) is 19.0 Å². The maximum Gasteiger partial charge on any atom is 0.211 e. The second-order valence-corrected chi connectivity index (χ2v) is 8.42. The van der Waals surface area contributed by atoms with Crippen LogP contribution in [0.1, 0.15) is 58.8 Å². The number of ether oxygens (including phenoxy) is 1. The van der Waals surface area contributed by atoms with Crippen molar-refractivity contribution in [3.8, 4) is 0 Å². The van der Waals surface area contributed by atoms with Crippen molar-refractivity contribution in [2.24, 2.45) is 4.99 Å². The highest BCUT2D eigenvalue weighted by molar-refractivity contribution is 7.89. The van der Waals surface area contributed by atoms with E-state index in [1.54, 1.807) is 6.92 Å². The normalized spacial score (nSPS) is 17.3. The Morgan fingerprint density at radius 2 is 1.80 bits per heavy atom. The lowest BCUT2D eigenvalue weighted by molar-refractivity contribution is 0.0468. The van der Waals surface area contributed by atoms with Crippen molar-refractivity contribution >= 4 is 16.0 Å². The van der Waals surface area contributed by atoms with E-state index in [-0.39, 0.29) is 5.75 Å². The van der Waals surface area contributed by atoms with E-state index >= 15 is 0 Å². The monoisotopic (exact) mass is 376 g/mol. The first-order valence-corrected chi connectivity index (χ1v) is 11.3. The summed E-state index contributed by atoms with van der Waals surface area (Å²) >= 11 is 0. The van der Waals surface area contributed by atoms with Gasteiger partial charge in [0, 0.05) is 26.2 Å². The molecule has 0 radical (unpaired) electrons. The molecule has 1 fully saturated rings. The summed E-state index contributed by atoms with van der Waals surface area (Å²) in [7, 11) is -3.11. The molecule has 1 aliphatic carbocycles. The molecule has 0 unspecified atom stereocenters. The van der Waals surface area contributed by atoms with Gasteiger partial charge in [-0.15, -0.1) is 0 Å². The molecule has 1 saturated carbocycles. The molecule has 0 amide bonds. The number of hydrogen-bond acceptors (Lipinski definition) is 4. The lowest BCUT2D eigenvalue weighted by atomic mass is 10.1. The quantitative estimate of drug-likeness (QED) is 0.221. The molecule has 3 N–H and O–H groups in total. The number of nitrogens with one attached hydrogen (secondary N) is 3. The Labute approximate surface area is 153 Å². The predicted molar refractivity (Wildman–Crippen MR) is 104 cm³/mol. The Bertz CT molecular complexity index is 461. The summed E-state index contributed by atoms with van der Waals surface area (Å²) in [6, 6.07) is 0. The van der Waals surface area contributed by atoms with E-state index in [9.17, 15) is 8.42 Å². The summed E-state index contributed by atoms with van der Waals surface area (Å²) in [4.78, 5) is 4.46. The van der Waals surface area contributed by atoms with Crippen LogP contribution in [-0.2, 0) is 14.8 Å². The molecule has 0 aromatic heterocycles. The third-order valence-corrected chi connectivity index (χ3v) is 5.61. The number of rotatable bonds is 11. The zero-order chi connectivity index (χ0) is 18.4. The van der Waals surface area contributed by atoms with Gasteiger partial charge in [-0.2, -0.15) is 0 Å². The molecule has 0 heterocycles. The first-order chi connectivity index (χ1) is 12.1. The molecule has 8 heteroatoms. The van der Waals surface area contributed by atoms with Gasteiger partial charge in [0.1, 0.15) is 0 Å². The van der Waals surface area contributed by atoms with Crippen molar-refractivity contribution in [1.29, 1.82) is 0 Å². The number of guanidine groups is 1. The molecule has 0 aliphatic heterocycles. The van der Waals surface area contributed by atoms with Gasteiger partial charge in [0.2, 0.25) is 10.0 Å². The van der Waals surface area contributed by atoms with Crippen LogP contribution in [0.15, 0.2) is 4.99 Å². The molecular weight excluding hydrogens is 340 g/mol. The summed E-state index contributed by atoms with van der Waals surface area (Å²) in [6.45, 7) is 6.85. The number of hydrogen-bond donors (Lipinski definition) is 3. The number of sulfonamides is 1. The Hall–Kier alpha value is -0.860. The van der Waals surface area contributed by atoms with Crippen LogP contribution >= 0.6 is 0 Å². The van der Waals surface area contributed by atoms with E-state index in [2.05, 4.69) is 20.3 Å². The molecule has 1 aliphatic rings. The highest BCUT2D eigenvalue weighted by atomic mass is 32.2. The first-order valence-electron chi connectivity index (χ1n) is 9.68. The smallest absolute Gasteiger partial charge is 0.211 e. The Balaban J connectivity index is 2.19. The fourth-order valence-corrected chi connectivity index (χ4v) is 3.40. The highest BCUT2D eigenvalue weighted by Crippen LogP contribution is 2.19. The van der Waals surface area contributed by atoms with Gasteiger partial charge in [0.25, 0.3) is 0 Å². The van der Waals surface area contributed by atoms with Crippen LogP contribution < -0.4 is 15.4 Å². The summed E-state index contributed by atoms with van der Waals surface area (Å²) in [5, 5.41) is 6.46. The van der Waals surface area contributed by atoms with Crippen LogP contribution in [0, 0.1) is 0 Å². The fraction of sp³-hybridized carbons (Fsp3) is 0.941. The molecular formula is C17H36N4O3S.